The highest BCUT2D eigenvalue weighted by atomic mass is 32.2. The molecule has 27 heavy (non-hydrogen) atoms. The summed E-state index contributed by atoms with van der Waals surface area (Å²) in [6, 6.07) is 8.79. The number of benzene rings is 1. The zero-order chi connectivity index (χ0) is 19.5. The molecule has 1 aromatic rings. The molecular weight excluding hydrogens is 360 g/mol. The van der Waals surface area contributed by atoms with Crippen LogP contribution in [0.3, 0.4) is 0 Å². The third kappa shape index (κ3) is 5.61. The SMILES string of the molecule is CN=C(NCC1(CS(C)(=O)=O)CC1)NC(C)c1cccc(N2CCCC2)c1. The van der Waals surface area contributed by atoms with Gasteiger partial charge in [0.25, 0.3) is 0 Å². The van der Waals surface area contributed by atoms with Crippen LogP contribution < -0.4 is 15.5 Å². The van der Waals surface area contributed by atoms with Gasteiger partial charge in [-0.25, -0.2) is 8.42 Å². The molecule has 1 atom stereocenters. The average molecular weight is 393 g/mol. The van der Waals surface area contributed by atoms with Crippen LogP contribution >= 0.6 is 0 Å². The largest absolute Gasteiger partial charge is 0.372 e. The van der Waals surface area contributed by atoms with E-state index < -0.39 is 9.84 Å². The molecule has 1 aliphatic carbocycles. The Kier molecular flexibility index (Phi) is 5.99. The van der Waals surface area contributed by atoms with Gasteiger partial charge in [0.05, 0.1) is 11.8 Å². The predicted molar refractivity (Wildman–Crippen MR) is 112 cm³/mol. The first-order valence-electron chi connectivity index (χ1n) is 9.80. The topological polar surface area (TPSA) is 73.8 Å². The lowest BCUT2D eigenvalue weighted by molar-refractivity contribution is 0.526. The molecule has 0 spiro atoms. The van der Waals surface area contributed by atoms with Crippen LogP contribution in [0.5, 0.6) is 0 Å². The van der Waals surface area contributed by atoms with E-state index in [0.29, 0.717) is 12.5 Å². The van der Waals surface area contributed by atoms with Crippen LogP contribution in [0.4, 0.5) is 5.69 Å². The first kappa shape index (κ1) is 20.0. The van der Waals surface area contributed by atoms with E-state index in [9.17, 15) is 8.42 Å². The Hall–Kier alpha value is -1.76. The second kappa shape index (κ2) is 8.09. The van der Waals surface area contributed by atoms with Crippen LogP contribution in [0.2, 0.25) is 0 Å². The summed E-state index contributed by atoms with van der Waals surface area (Å²) in [6.45, 7) is 5.04. The normalized spacial score (nSPS) is 20.4. The van der Waals surface area contributed by atoms with E-state index in [1.54, 1.807) is 7.05 Å². The third-order valence-electron chi connectivity index (χ3n) is 5.57. The Morgan fingerprint density at radius 2 is 2.00 bits per heavy atom. The lowest BCUT2D eigenvalue weighted by Crippen LogP contribution is -2.42. The van der Waals surface area contributed by atoms with Gasteiger partial charge in [0, 0.05) is 44.0 Å². The van der Waals surface area contributed by atoms with Crippen molar-refractivity contribution in [2.75, 3.05) is 43.6 Å². The zero-order valence-electron chi connectivity index (χ0n) is 16.7. The van der Waals surface area contributed by atoms with Crippen molar-refractivity contribution in [3.8, 4) is 0 Å². The Balaban J connectivity index is 1.57. The number of hydrogen-bond donors (Lipinski definition) is 2. The molecule has 1 unspecified atom stereocenters. The van der Waals surface area contributed by atoms with Gasteiger partial charge in [-0.1, -0.05) is 12.1 Å². The fourth-order valence-corrected chi connectivity index (χ4v) is 5.33. The Morgan fingerprint density at radius 1 is 1.30 bits per heavy atom. The molecule has 0 bridgehead atoms. The molecule has 7 heteroatoms. The van der Waals surface area contributed by atoms with E-state index in [4.69, 9.17) is 0 Å². The summed E-state index contributed by atoms with van der Waals surface area (Å²) in [4.78, 5) is 6.75. The minimum absolute atomic E-state index is 0.115. The van der Waals surface area contributed by atoms with Gasteiger partial charge in [0.2, 0.25) is 0 Å². The second-order valence-corrected chi connectivity index (χ2v) is 10.3. The van der Waals surface area contributed by atoms with Gasteiger partial charge in [-0.05, 0) is 50.3 Å². The van der Waals surface area contributed by atoms with Crippen LogP contribution in [-0.2, 0) is 9.84 Å². The fraction of sp³-hybridized carbons (Fsp3) is 0.650. The van der Waals surface area contributed by atoms with Crippen LogP contribution in [0, 0.1) is 5.41 Å². The van der Waals surface area contributed by atoms with Crippen LogP contribution in [0.15, 0.2) is 29.3 Å². The molecule has 1 aliphatic heterocycles. The van der Waals surface area contributed by atoms with Crippen molar-refractivity contribution in [2.24, 2.45) is 10.4 Å². The van der Waals surface area contributed by atoms with Crippen molar-refractivity contribution >= 4 is 21.5 Å². The summed E-state index contributed by atoms with van der Waals surface area (Å²) >= 11 is 0. The first-order valence-corrected chi connectivity index (χ1v) is 11.9. The van der Waals surface area contributed by atoms with E-state index in [1.165, 1.54) is 30.3 Å². The highest BCUT2D eigenvalue weighted by Crippen LogP contribution is 2.46. The molecule has 150 valence electrons. The van der Waals surface area contributed by atoms with Gasteiger partial charge in [-0.3, -0.25) is 4.99 Å². The predicted octanol–water partition coefficient (Wildman–Crippen LogP) is 2.34. The van der Waals surface area contributed by atoms with E-state index in [1.807, 2.05) is 0 Å². The van der Waals surface area contributed by atoms with E-state index in [2.05, 4.69) is 51.7 Å². The van der Waals surface area contributed by atoms with Crippen molar-refractivity contribution in [2.45, 2.75) is 38.6 Å². The number of anilines is 1. The van der Waals surface area contributed by atoms with E-state index >= 15 is 0 Å². The van der Waals surface area contributed by atoms with Gasteiger partial charge in [0.15, 0.2) is 5.96 Å². The maximum Gasteiger partial charge on any atom is 0.191 e. The maximum atomic E-state index is 11.6. The third-order valence-corrected chi connectivity index (χ3v) is 6.71. The highest BCUT2D eigenvalue weighted by molar-refractivity contribution is 7.90. The summed E-state index contributed by atoms with van der Waals surface area (Å²) in [7, 11) is -1.21. The van der Waals surface area contributed by atoms with E-state index in [-0.39, 0.29) is 17.2 Å². The highest BCUT2D eigenvalue weighted by Gasteiger charge is 2.45. The van der Waals surface area contributed by atoms with Crippen molar-refractivity contribution in [3.05, 3.63) is 29.8 Å². The van der Waals surface area contributed by atoms with Gasteiger partial charge < -0.3 is 15.5 Å². The van der Waals surface area contributed by atoms with Gasteiger partial charge in [-0.15, -0.1) is 0 Å². The lowest BCUT2D eigenvalue weighted by atomic mass is 10.1. The van der Waals surface area contributed by atoms with E-state index in [0.717, 1.165) is 25.9 Å². The van der Waals surface area contributed by atoms with Crippen molar-refractivity contribution in [3.63, 3.8) is 0 Å². The second-order valence-electron chi connectivity index (χ2n) is 8.15. The average Bonchev–Trinajstić information content (AvgIpc) is 3.15. The smallest absolute Gasteiger partial charge is 0.191 e. The first-order chi connectivity index (χ1) is 12.8. The molecule has 3 rings (SSSR count). The molecule has 1 saturated carbocycles. The number of guanidine groups is 1. The summed E-state index contributed by atoms with van der Waals surface area (Å²) < 4.78 is 23.3. The maximum absolute atomic E-state index is 11.6. The monoisotopic (exact) mass is 392 g/mol. The van der Waals surface area contributed by atoms with Gasteiger partial charge >= 0.3 is 0 Å². The number of nitrogens with zero attached hydrogens (tertiary/aromatic N) is 2. The molecule has 2 fully saturated rings. The molecule has 0 aromatic heterocycles. The summed E-state index contributed by atoms with van der Waals surface area (Å²) in [5.41, 5.74) is 2.38. The minimum atomic E-state index is -2.96. The van der Waals surface area contributed by atoms with Crippen LogP contribution in [0.1, 0.15) is 44.2 Å². The number of aliphatic imine (C=N–C) groups is 1. The molecule has 1 saturated heterocycles. The van der Waals surface area contributed by atoms with Crippen LogP contribution in [-0.4, -0.2) is 53.1 Å². The minimum Gasteiger partial charge on any atom is -0.372 e. The fourth-order valence-electron chi connectivity index (χ4n) is 3.83. The van der Waals surface area contributed by atoms with Crippen molar-refractivity contribution in [1.82, 2.24) is 10.6 Å². The molecule has 2 N–H and O–H groups in total. The molecule has 1 heterocycles. The Labute approximate surface area is 163 Å². The zero-order valence-corrected chi connectivity index (χ0v) is 17.5. The number of rotatable bonds is 7. The molecule has 2 aliphatic rings. The van der Waals surface area contributed by atoms with Gasteiger partial charge in [-0.2, -0.15) is 0 Å². The van der Waals surface area contributed by atoms with Gasteiger partial charge in [0.1, 0.15) is 9.84 Å². The lowest BCUT2D eigenvalue weighted by Gasteiger charge is -2.23. The quantitative estimate of drug-likeness (QED) is 0.550. The summed E-state index contributed by atoms with van der Waals surface area (Å²) in [5, 5.41) is 6.76. The Bertz CT molecular complexity index is 781. The molecule has 6 nitrogen and oxygen atoms in total. The number of hydrogen-bond acceptors (Lipinski definition) is 4. The molecule has 0 amide bonds. The van der Waals surface area contributed by atoms with Crippen molar-refractivity contribution < 1.29 is 8.42 Å². The molecule has 1 aromatic carbocycles. The number of sulfone groups is 1. The Morgan fingerprint density at radius 3 is 2.59 bits per heavy atom. The summed E-state index contributed by atoms with van der Waals surface area (Å²) in [5.74, 6) is 0.964. The standard InChI is InChI=1S/C20H32N4O2S/c1-16(17-7-6-8-18(13-17)24-11-4-5-12-24)23-19(21-2)22-14-20(9-10-20)15-27(3,25)26/h6-8,13,16H,4-5,9-12,14-15H2,1-3H3,(H2,21,22,23). The van der Waals surface area contributed by atoms with Crippen LogP contribution in [0.25, 0.3) is 0 Å². The molecular formula is C20H32N4O2S. The summed E-state index contributed by atoms with van der Waals surface area (Å²) in [6.07, 6.45) is 5.76. The molecule has 0 radical (unpaired) electrons. The number of nitrogens with one attached hydrogen (secondary N) is 2. The van der Waals surface area contributed by atoms with Crippen molar-refractivity contribution in [1.29, 1.82) is 0 Å².